The molecule has 0 aliphatic heterocycles. The molecule has 0 atom stereocenters. The van der Waals surface area contributed by atoms with E-state index < -0.39 is 11.4 Å². The number of para-hydroxylation sites is 1. The van der Waals surface area contributed by atoms with Gasteiger partial charge in [0.1, 0.15) is 5.82 Å². The molecule has 1 heterocycles. The third-order valence-corrected chi connectivity index (χ3v) is 3.77. The molecule has 1 aromatic heterocycles. The minimum absolute atomic E-state index is 0.160. The van der Waals surface area contributed by atoms with E-state index >= 15 is 0 Å². The van der Waals surface area contributed by atoms with Crippen LogP contribution in [0.25, 0.3) is 10.9 Å². The Labute approximate surface area is 129 Å². The Bertz CT molecular complexity index is 892. The maximum Gasteiger partial charge on any atom is 0.250 e. The molecule has 6 heteroatoms. The molecule has 0 radical (unpaired) electrons. The lowest BCUT2D eigenvalue weighted by Crippen LogP contribution is -2.07. The second-order valence-corrected chi connectivity index (χ2v) is 5.28. The monoisotopic (exact) mass is 322 g/mol. The summed E-state index contributed by atoms with van der Waals surface area (Å²) in [5.74, 6) is -0.484. The Morgan fingerprint density at radius 3 is 2.62 bits per heavy atom. The summed E-state index contributed by atoms with van der Waals surface area (Å²) in [6.07, 6.45) is 0. The zero-order valence-electron chi connectivity index (χ0n) is 10.6. The van der Waals surface area contributed by atoms with Crippen LogP contribution in [0.4, 0.5) is 15.8 Å². The second kappa shape index (κ2) is 5.39. The zero-order chi connectivity index (χ0) is 15.0. The van der Waals surface area contributed by atoms with Gasteiger partial charge >= 0.3 is 0 Å². The van der Waals surface area contributed by atoms with Gasteiger partial charge in [0.25, 0.3) is 5.56 Å². The van der Waals surface area contributed by atoms with Crippen molar-refractivity contribution < 1.29 is 4.39 Å². The molecule has 2 aromatic carbocycles. The van der Waals surface area contributed by atoms with Gasteiger partial charge in [-0.3, -0.25) is 4.79 Å². The van der Waals surface area contributed by atoms with Gasteiger partial charge in [0, 0.05) is 17.1 Å². The number of H-pyrrole nitrogens is 1. The molecule has 0 saturated heterocycles. The van der Waals surface area contributed by atoms with E-state index in [1.807, 2.05) is 0 Å². The second-order valence-electron chi connectivity index (χ2n) is 4.46. The average Bonchev–Trinajstić information content (AvgIpc) is 2.44. The summed E-state index contributed by atoms with van der Waals surface area (Å²) in [6, 6.07) is 11.0. The molecule has 2 N–H and O–H groups in total. The lowest BCUT2D eigenvalue weighted by Gasteiger charge is -2.10. The molecular weight excluding hydrogens is 314 g/mol. The van der Waals surface area contributed by atoms with E-state index in [9.17, 15) is 9.18 Å². The van der Waals surface area contributed by atoms with E-state index in [1.165, 1.54) is 12.1 Å². The number of anilines is 2. The molecule has 0 saturated carbocycles. The number of aromatic amines is 1. The number of nitrogens with one attached hydrogen (secondary N) is 2. The Balaban J connectivity index is 2.14. The smallest absolute Gasteiger partial charge is 0.250 e. The average molecular weight is 323 g/mol. The molecule has 0 fully saturated rings. The van der Waals surface area contributed by atoms with Gasteiger partial charge in [-0.2, -0.15) is 0 Å². The van der Waals surface area contributed by atoms with Crippen molar-refractivity contribution in [3.8, 4) is 0 Å². The Hall–Kier alpha value is -2.04. The van der Waals surface area contributed by atoms with Gasteiger partial charge in [0.2, 0.25) is 0 Å². The summed E-state index contributed by atoms with van der Waals surface area (Å²) in [4.78, 5) is 14.1. The summed E-state index contributed by atoms with van der Waals surface area (Å²) >= 11 is 11.8. The van der Waals surface area contributed by atoms with Crippen LogP contribution >= 0.6 is 23.2 Å². The van der Waals surface area contributed by atoms with Crippen LogP contribution in [-0.2, 0) is 0 Å². The van der Waals surface area contributed by atoms with Crippen molar-refractivity contribution in [2.24, 2.45) is 0 Å². The number of benzene rings is 2. The Morgan fingerprint density at radius 2 is 1.86 bits per heavy atom. The minimum atomic E-state index is -0.484. The summed E-state index contributed by atoms with van der Waals surface area (Å²) < 4.78 is 13.8. The number of hydrogen-bond donors (Lipinski definition) is 2. The standard InChI is InChI=1S/C15H9Cl2FN2O/c16-10-5-4-8(6-11(10)17)19-13-7-14(21)20-15-9(13)2-1-3-12(15)18/h1-7H,(H2,19,20,21). The first-order valence-corrected chi connectivity index (χ1v) is 6.84. The predicted octanol–water partition coefficient (Wildman–Crippen LogP) is 4.72. The normalized spacial score (nSPS) is 10.8. The Morgan fingerprint density at radius 1 is 1.05 bits per heavy atom. The quantitative estimate of drug-likeness (QED) is 0.717. The van der Waals surface area contributed by atoms with Crippen LogP contribution in [0.2, 0.25) is 10.0 Å². The van der Waals surface area contributed by atoms with Crippen LogP contribution in [0, 0.1) is 5.82 Å². The van der Waals surface area contributed by atoms with E-state index in [0.29, 0.717) is 26.8 Å². The topological polar surface area (TPSA) is 44.9 Å². The van der Waals surface area contributed by atoms with E-state index in [1.54, 1.807) is 30.3 Å². The molecule has 0 aliphatic carbocycles. The number of pyridine rings is 1. The largest absolute Gasteiger partial charge is 0.355 e. The van der Waals surface area contributed by atoms with E-state index in [0.717, 1.165) is 0 Å². The fourth-order valence-corrected chi connectivity index (χ4v) is 2.37. The molecule has 0 amide bonds. The minimum Gasteiger partial charge on any atom is -0.355 e. The third-order valence-electron chi connectivity index (χ3n) is 3.03. The molecule has 0 unspecified atom stereocenters. The first-order chi connectivity index (χ1) is 10.0. The Kier molecular flexibility index (Phi) is 3.57. The molecule has 21 heavy (non-hydrogen) atoms. The van der Waals surface area contributed by atoms with Crippen LogP contribution in [0.5, 0.6) is 0 Å². The highest BCUT2D eigenvalue weighted by atomic mass is 35.5. The molecule has 106 valence electrons. The van der Waals surface area contributed by atoms with Crippen molar-refractivity contribution >= 4 is 45.5 Å². The lowest BCUT2D eigenvalue weighted by atomic mass is 10.1. The first-order valence-electron chi connectivity index (χ1n) is 6.08. The molecule has 0 aliphatic rings. The van der Waals surface area contributed by atoms with Crippen molar-refractivity contribution in [1.29, 1.82) is 0 Å². The van der Waals surface area contributed by atoms with Gasteiger partial charge < -0.3 is 10.3 Å². The highest BCUT2D eigenvalue weighted by molar-refractivity contribution is 6.42. The molecule has 0 bridgehead atoms. The van der Waals surface area contributed by atoms with Crippen molar-refractivity contribution in [2.75, 3.05) is 5.32 Å². The van der Waals surface area contributed by atoms with Gasteiger partial charge in [0.15, 0.2) is 0 Å². The van der Waals surface area contributed by atoms with Gasteiger partial charge in [-0.1, -0.05) is 35.3 Å². The summed E-state index contributed by atoms with van der Waals surface area (Å²) in [5, 5.41) is 4.45. The number of fused-ring (bicyclic) bond motifs is 1. The lowest BCUT2D eigenvalue weighted by molar-refractivity contribution is 0.636. The zero-order valence-corrected chi connectivity index (χ0v) is 12.1. The summed E-state index contributed by atoms with van der Waals surface area (Å²) in [7, 11) is 0. The van der Waals surface area contributed by atoms with E-state index in [4.69, 9.17) is 23.2 Å². The fraction of sp³-hybridized carbons (Fsp3) is 0. The van der Waals surface area contributed by atoms with Gasteiger partial charge in [-0.05, 0) is 24.3 Å². The van der Waals surface area contributed by atoms with Crippen LogP contribution in [0.1, 0.15) is 0 Å². The van der Waals surface area contributed by atoms with Crippen LogP contribution in [0.3, 0.4) is 0 Å². The molecule has 3 aromatic rings. The SMILES string of the molecule is O=c1cc(Nc2ccc(Cl)c(Cl)c2)c2cccc(F)c2[nH]1. The van der Waals surface area contributed by atoms with Gasteiger partial charge in [-0.15, -0.1) is 0 Å². The van der Waals surface area contributed by atoms with Crippen LogP contribution in [-0.4, -0.2) is 4.98 Å². The van der Waals surface area contributed by atoms with Crippen molar-refractivity contribution in [1.82, 2.24) is 4.98 Å². The third kappa shape index (κ3) is 2.73. The molecule has 3 rings (SSSR count). The van der Waals surface area contributed by atoms with E-state index in [-0.39, 0.29) is 5.52 Å². The molecule has 3 nitrogen and oxygen atoms in total. The van der Waals surface area contributed by atoms with Gasteiger partial charge in [0.05, 0.1) is 21.2 Å². The number of aromatic nitrogens is 1. The number of hydrogen-bond acceptors (Lipinski definition) is 2. The van der Waals surface area contributed by atoms with Gasteiger partial charge in [-0.25, -0.2) is 4.39 Å². The number of halogens is 3. The molecular formula is C15H9Cl2FN2O. The van der Waals surface area contributed by atoms with Crippen molar-refractivity contribution in [3.63, 3.8) is 0 Å². The highest BCUT2D eigenvalue weighted by Crippen LogP contribution is 2.29. The summed E-state index contributed by atoms with van der Waals surface area (Å²) in [6.45, 7) is 0. The van der Waals surface area contributed by atoms with Crippen LogP contribution < -0.4 is 10.9 Å². The van der Waals surface area contributed by atoms with E-state index in [2.05, 4.69) is 10.3 Å². The maximum absolute atomic E-state index is 13.8. The van der Waals surface area contributed by atoms with Crippen LogP contribution in [0.15, 0.2) is 47.3 Å². The highest BCUT2D eigenvalue weighted by Gasteiger charge is 2.08. The first kappa shape index (κ1) is 13.9. The maximum atomic E-state index is 13.8. The van der Waals surface area contributed by atoms with Crippen molar-refractivity contribution in [2.45, 2.75) is 0 Å². The van der Waals surface area contributed by atoms with Crippen molar-refractivity contribution in [3.05, 3.63) is 68.7 Å². The number of rotatable bonds is 2. The molecule has 0 spiro atoms. The summed E-state index contributed by atoms with van der Waals surface area (Å²) in [5.41, 5.74) is 0.912. The fourth-order valence-electron chi connectivity index (χ4n) is 2.08. The predicted molar refractivity (Wildman–Crippen MR) is 84.3 cm³/mol.